The van der Waals surface area contributed by atoms with Crippen molar-refractivity contribution in [1.29, 1.82) is 0 Å². The van der Waals surface area contributed by atoms with E-state index < -0.39 is 0 Å². The summed E-state index contributed by atoms with van der Waals surface area (Å²) in [6.07, 6.45) is 5.95. The molecule has 2 aliphatic carbocycles. The van der Waals surface area contributed by atoms with Crippen LogP contribution in [0.5, 0.6) is 0 Å². The van der Waals surface area contributed by atoms with Crippen molar-refractivity contribution in [1.82, 2.24) is 0 Å². The molecule has 3 atom stereocenters. The molecule has 2 nitrogen and oxygen atoms in total. The van der Waals surface area contributed by atoms with Crippen molar-refractivity contribution >= 4 is 23.1 Å². The third-order valence-electron chi connectivity index (χ3n) is 4.57. The zero-order chi connectivity index (χ0) is 12.7. The Morgan fingerprint density at radius 3 is 2.72 bits per heavy atom. The molecule has 96 valence electrons. The van der Waals surface area contributed by atoms with Gasteiger partial charge in [0.15, 0.2) is 5.78 Å². The highest BCUT2D eigenvalue weighted by atomic mass is 35.5. The van der Waals surface area contributed by atoms with Crippen LogP contribution >= 0.6 is 11.6 Å². The predicted octanol–water partition coefficient (Wildman–Crippen LogP) is 3.93. The van der Waals surface area contributed by atoms with E-state index in [0.29, 0.717) is 28.6 Å². The molecule has 3 rings (SSSR count). The zero-order valence-electron chi connectivity index (χ0n) is 10.4. The number of anilines is 1. The number of benzene rings is 1. The van der Waals surface area contributed by atoms with E-state index in [2.05, 4.69) is 0 Å². The van der Waals surface area contributed by atoms with Gasteiger partial charge in [-0.3, -0.25) is 4.79 Å². The third kappa shape index (κ3) is 2.26. The van der Waals surface area contributed by atoms with Crippen LogP contribution in [0, 0.1) is 17.8 Å². The molecule has 0 aromatic heterocycles. The summed E-state index contributed by atoms with van der Waals surface area (Å²) in [5.74, 6) is 2.46. The highest BCUT2D eigenvalue weighted by Crippen LogP contribution is 2.49. The van der Waals surface area contributed by atoms with Crippen molar-refractivity contribution in [3.05, 3.63) is 28.8 Å². The molecule has 1 aromatic rings. The molecule has 2 N–H and O–H groups in total. The van der Waals surface area contributed by atoms with Gasteiger partial charge in [0.25, 0.3) is 0 Å². The third-order valence-corrected chi connectivity index (χ3v) is 4.79. The Bertz CT molecular complexity index is 465. The maximum Gasteiger partial charge on any atom is 0.163 e. The lowest BCUT2D eigenvalue weighted by atomic mass is 9.84. The van der Waals surface area contributed by atoms with Gasteiger partial charge < -0.3 is 5.73 Å². The second-order valence-electron chi connectivity index (χ2n) is 5.84. The molecule has 0 heterocycles. The summed E-state index contributed by atoms with van der Waals surface area (Å²) < 4.78 is 0. The second-order valence-corrected chi connectivity index (χ2v) is 6.27. The van der Waals surface area contributed by atoms with Gasteiger partial charge in [-0.25, -0.2) is 0 Å². The first-order valence-electron chi connectivity index (χ1n) is 6.71. The zero-order valence-corrected chi connectivity index (χ0v) is 11.1. The average Bonchev–Trinajstić information content (AvgIpc) is 2.89. The van der Waals surface area contributed by atoms with Gasteiger partial charge in [-0.15, -0.1) is 0 Å². The molecule has 2 bridgehead atoms. The Hall–Kier alpha value is -1.02. The molecule has 0 amide bonds. The molecule has 0 aliphatic heterocycles. The smallest absolute Gasteiger partial charge is 0.163 e. The molecule has 18 heavy (non-hydrogen) atoms. The van der Waals surface area contributed by atoms with Crippen molar-refractivity contribution in [2.75, 3.05) is 5.73 Å². The number of hydrogen-bond donors (Lipinski definition) is 1. The number of carbonyl (C=O) groups is 1. The number of rotatable bonds is 3. The maximum absolute atomic E-state index is 12.3. The molecular weight excluding hydrogens is 246 g/mol. The SMILES string of the molecule is Nc1cc(Cl)cc(C(=O)CC2CC3CCC2C3)c1. The van der Waals surface area contributed by atoms with Crippen LogP contribution in [-0.2, 0) is 0 Å². The largest absolute Gasteiger partial charge is 0.399 e. The molecule has 2 fully saturated rings. The van der Waals surface area contributed by atoms with E-state index in [9.17, 15) is 4.79 Å². The van der Waals surface area contributed by atoms with Crippen molar-refractivity contribution in [2.45, 2.75) is 32.1 Å². The van der Waals surface area contributed by atoms with E-state index in [1.54, 1.807) is 18.2 Å². The fraction of sp³-hybridized carbons (Fsp3) is 0.533. The minimum atomic E-state index is 0.196. The van der Waals surface area contributed by atoms with Gasteiger partial charge in [0, 0.05) is 22.7 Å². The monoisotopic (exact) mass is 263 g/mol. The van der Waals surface area contributed by atoms with Crippen molar-refractivity contribution in [3.8, 4) is 0 Å². The van der Waals surface area contributed by atoms with Crippen LogP contribution in [0.2, 0.25) is 5.02 Å². The quantitative estimate of drug-likeness (QED) is 0.663. The van der Waals surface area contributed by atoms with Crippen molar-refractivity contribution in [2.24, 2.45) is 17.8 Å². The van der Waals surface area contributed by atoms with Gasteiger partial charge in [0.1, 0.15) is 0 Å². The Morgan fingerprint density at radius 2 is 2.11 bits per heavy atom. The molecule has 0 saturated heterocycles. The summed E-state index contributed by atoms with van der Waals surface area (Å²) in [5, 5.41) is 0.547. The van der Waals surface area contributed by atoms with Gasteiger partial charge >= 0.3 is 0 Å². The van der Waals surface area contributed by atoms with Crippen molar-refractivity contribution < 1.29 is 4.79 Å². The second kappa shape index (κ2) is 4.58. The molecule has 0 spiro atoms. The summed E-state index contributed by atoms with van der Waals surface area (Å²) in [6, 6.07) is 5.14. The summed E-state index contributed by atoms with van der Waals surface area (Å²) in [6.45, 7) is 0. The highest BCUT2D eigenvalue weighted by molar-refractivity contribution is 6.31. The van der Waals surface area contributed by atoms with E-state index >= 15 is 0 Å². The average molecular weight is 264 g/mol. The summed E-state index contributed by atoms with van der Waals surface area (Å²) in [4.78, 5) is 12.3. The van der Waals surface area contributed by atoms with Gasteiger partial charge in [-0.05, 0) is 55.2 Å². The fourth-order valence-corrected chi connectivity index (χ4v) is 4.00. The molecule has 0 radical (unpaired) electrons. The van der Waals surface area contributed by atoms with Crippen LogP contribution in [0.3, 0.4) is 0 Å². The minimum Gasteiger partial charge on any atom is -0.399 e. The lowest BCUT2D eigenvalue weighted by molar-refractivity contribution is 0.0944. The van der Waals surface area contributed by atoms with Crippen LogP contribution in [0.15, 0.2) is 18.2 Å². The predicted molar refractivity (Wildman–Crippen MR) is 73.7 cm³/mol. The van der Waals surface area contributed by atoms with Crippen LogP contribution in [-0.4, -0.2) is 5.78 Å². The Morgan fingerprint density at radius 1 is 1.28 bits per heavy atom. The first-order valence-corrected chi connectivity index (χ1v) is 7.09. The number of fused-ring (bicyclic) bond motifs is 2. The van der Waals surface area contributed by atoms with Crippen molar-refractivity contribution in [3.63, 3.8) is 0 Å². The standard InChI is InChI=1S/C15H18ClNO/c16-13-5-12(6-14(17)8-13)15(18)7-11-4-9-1-2-10(11)3-9/h5-6,8-11H,1-4,7,17H2. The van der Waals surface area contributed by atoms with E-state index in [0.717, 1.165) is 11.8 Å². The first-order chi connectivity index (χ1) is 8.61. The molecule has 1 aromatic carbocycles. The van der Waals surface area contributed by atoms with Crippen LogP contribution in [0.25, 0.3) is 0 Å². The van der Waals surface area contributed by atoms with E-state index in [-0.39, 0.29) is 5.78 Å². The fourth-order valence-electron chi connectivity index (χ4n) is 3.76. The summed E-state index contributed by atoms with van der Waals surface area (Å²) in [5.41, 5.74) is 6.97. The highest BCUT2D eigenvalue weighted by Gasteiger charge is 2.40. The lowest BCUT2D eigenvalue weighted by Gasteiger charge is -2.20. The van der Waals surface area contributed by atoms with E-state index in [1.165, 1.54) is 25.7 Å². The summed E-state index contributed by atoms with van der Waals surface area (Å²) >= 11 is 5.94. The lowest BCUT2D eigenvalue weighted by Crippen LogP contribution is -2.15. The Balaban J connectivity index is 1.71. The molecule has 3 heteroatoms. The van der Waals surface area contributed by atoms with Crippen LogP contribution in [0.4, 0.5) is 5.69 Å². The number of ketones is 1. The topological polar surface area (TPSA) is 43.1 Å². The molecule has 2 aliphatic rings. The summed E-state index contributed by atoms with van der Waals surface area (Å²) in [7, 11) is 0. The minimum absolute atomic E-state index is 0.196. The Kier molecular flexibility index (Phi) is 3.06. The van der Waals surface area contributed by atoms with Gasteiger partial charge in [0.05, 0.1) is 0 Å². The number of nitrogens with two attached hydrogens (primary N) is 1. The van der Waals surface area contributed by atoms with Gasteiger partial charge in [-0.1, -0.05) is 18.0 Å². The Labute approximate surface area is 113 Å². The van der Waals surface area contributed by atoms with Gasteiger partial charge in [-0.2, -0.15) is 0 Å². The molecule has 3 unspecified atom stereocenters. The maximum atomic E-state index is 12.3. The number of nitrogen functional groups attached to an aromatic ring is 1. The van der Waals surface area contributed by atoms with Crippen LogP contribution in [0.1, 0.15) is 42.5 Å². The first kappa shape index (κ1) is 12.0. The molecule has 2 saturated carbocycles. The van der Waals surface area contributed by atoms with E-state index in [1.807, 2.05) is 0 Å². The normalized spacial score (nSPS) is 29.7. The van der Waals surface area contributed by atoms with E-state index in [4.69, 9.17) is 17.3 Å². The number of halogens is 1. The van der Waals surface area contributed by atoms with Gasteiger partial charge in [0.2, 0.25) is 0 Å². The van der Waals surface area contributed by atoms with Crippen LogP contribution < -0.4 is 5.73 Å². The number of Topliss-reactive ketones (excluding diaryl/α,β-unsaturated/α-hetero) is 1. The molecular formula is C15H18ClNO. The number of hydrogen-bond acceptors (Lipinski definition) is 2. The number of carbonyl (C=O) groups excluding carboxylic acids is 1.